The van der Waals surface area contributed by atoms with E-state index in [1.54, 1.807) is 0 Å². The van der Waals surface area contributed by atoms with E-state index in [4.69, 9.17) is 9.47 Å². The third kappa shape index (κ3) is 9.75. The van der Waals surface area contributed by atoms with E-state index in [1.165, 1.54) is 24.6 Å². The molecule has 0 fully saturated rings. The molecule has 0 aromatic heterocycles. The average molecular weight is 369 g/mol. The summed E-state index contributed by atoms with van der Waals surface area (Å²) < 4.78 is 11.0. The van der Waals surface area contributed by atoms with E-state index >= 15 is 0 Å². The van der Waals surface area contributed by atoms with Gasteiger partial charge in [0.15, 0.2) is 0 Å². The largest absolute Gasteiger partial charge is 0.491 e. The molecule has 0 radical (unpaired) electrons. The molecule has 0 saturated carbocycles. The molecule has 25 heavy (non-hydrogen) atoms. The van der Waals surface area contributed by atoms with Crippen molar-refractivity contribution in [3.05, 3.63) is 29.8 Å². The smallest absolute Gasteiger partial charge is 0.315 e. The summed E-state index contributed by atoms with van der Waals surface area (Å²) in [4.78, 5) is 11.8. The molecule has 4 nitrogen and oxygen atoms in total. The molecule has 0 aliphatic heterocycles. The third-order valence-electron chi connectivity index (χ3n) is 4.08. The van der Waals surface area contributed by atoms with Gasteiger partial charge in [0.25, 0.3) is 0 Å². The Morgan fingerprint density at radius 3 is 2.68 bits per heavy atom. The van der Waals surface area contributed by atoms with Gasteiger partial charge in [0.2, 0.25) is 0 Å². The Bertz CT molecular complexity index is 492. The molecule has 0 aliphatic rings. The highest BCUT2D eigenvalue weighted by Gasteiger charge is 2.12. The standard InChI is InChI=1S/C20H32O4S/c1-4-6-10-17(5-2)12-24-20(22)15-25-14-18(21)13-23-19-11-8-7-9-16(19)3/h7-9,11,17-18,21H,4-6,10,12-15H2,1-3H3. The number of hydrogen-bond acceptors (Lipinski definition) is 5. The minimum atomic E-state index is -0.606. The molecule has 1 aromatic rings. The Morgan fingerprint density at radius 1 is 1.24 bits per heavy atom. The molecule has 0 amide bonds. The Kier molecular flexibility index (Phi) is 11.4. The van der Waals surface area contributed by atoms with E-state index in [-0.39, 0.29) is 18.3 Å². The van der Waals surface area contributed by atoms with Gasteiger partial charge in [-0.05, 0) is 30.9 Å². The van der Waals surface area contributed by atoms with Crippen LogP contribution in [0.4, 0.5) is 0 Å². The zero-order chi connectivity index (χ0) is 18.5. The number of carbonyl (C=O) groups is 1. The Hall–Kier alpha value is -1.20. The highest BCUT2D eigenvalue weighted by atomic mass is 32.2. The fraction of sp³-hybridized carbons (Fsp3) is 0.650. The maximum absolute atomic E-state index is 11.8. The van der Waals surface area contributed by atoms with Crippen molar-refractivity contribution in [3.63, 3.8) is 0 Å². The van der Waals surface area contributed by atoms with Gasteiger partial charge in [-0.25, -0.2) is 0 Å². The van der Waals surface area contributed by atoms with Gasteiger partial charge in [-0.3, -0.25) is 4.79 Å². The van der Waals surface area contributed by atoms with Crippen LogP contribution in [0.3, 0.4) is 0 Å². The predicted octanol–water partition coefficient (Wildman–Crippen LogP) is 4.23. The summed E-state index contributed by atoms with van der Waals surface area (Å²) in [5.41, 5.74) is 1.04. The number of benzene rings is 1. The lowest BCUT2D eigenvalue weighted by Gasteiger charge is -2.15. The van der Waals surface area contributed by atoms with Gasteiger partial charge in [-0.2, -0.15) is 0 Å². The molecule has 0 heterocycles. The number of unbranched alkanes of at least 4 members (excludes halogenated alkanes) is 1. The van der Waals surface area contributed by atoms with Crippen molar-refractivity contribution in [2.45, 2.75) is 52.6 Å². The molecule has 0 saturated heterocycles. The topological polar surface area (TPSA) is 55.8 Å². The maximum Gasteiger partial charge on any atom is 0.315 e. The van der Waals surface area contributed by atoms with E-state index in [9.17, 15) is 9.90 Å². The Morgan fingerprint density at radius 2 is 2.00 bits per heavy atom. The van der Waals surface area contributed by atoms with Gasteiger partial charge < -0.3 is 14.6 Å². The summed E-state index contributed by atoms with van der Waals surface area (Å²) in [6.45, 7) is 7.00. The average Bonchev–Trinajstić information content (AvgIpc) is 2.61. The monoisotopic (exact) mass is 368 g/mol. The van der Waals surface area contributed by atoms with E-state index in [1.807, 2.05) is 31.2 Å². The van der Waals surface area contributed by atoms with Crippen LogP contribution in [-0.2, 0) is 9.53 Å². The molecule has 0 bridgehead atoms. The van der Waals surface area contributed by atoms with Crippen LogP contribution in [0.25, 0.3) is 0 Å². The number of thioether (sulfide) groups is 1. The number of carbonyl (C=O) groups excluding carboxylic acids is 1. The van der Waals surface area contributed by atoms with Crippen LogP contribution in [0.2, 0.25) is 0 Å². The maximum atomic E-state index is 11.8. The Balaban J connectivity index is 2.14. The number of hydrogen-bond donors (Lipinski definition) is 1. The molecule has 142 valence electrons. The van der Waals surface area contributed by atoms with Crippen LogP contribution in [0.1, 0.15) is 45.1 Å². The van der Waals surface area contributed by atoms with Crippen LogP contribution in [0.15, 0.2) is 24.3 Å². The summed E-state index contributed by atoms with van der Waals surface area (Å²) in [6.07, 6.45) is 3.89. The Labute approximate surface area is 156 Å². The van der Waals surface area contributed by atoms with Crippen molar-refractivity contribution < 1.29 is 19.4 Å². The predicted molar refractivity (Wildman–Crippen MR) is 104 cm³/mol. The summed E-state index contributed by atoms with van der Waals surface area (Å²) in [6, 6.07) is 7.71. The second-order valence-corrected chi connectivity index (χ2v) is 7.38. The molecule has 0 aliphatic carbocycles. The van der Waals surface area contributed by atoms with Gasteiger partial charge >= 0.3 is 5.97 Å². The van der Waals surface area contributed by atoms with Crippen molar-refractivity contribution in [1.29, 1.82) is 0 Å². The molecule has 2 unspecified atom stereocenters. The van der Waals surface area contributed by atoms with Gasteiger partial charge in [-0.15, -0.1) is 11.8 Å². The minimum Gasteiger partial charge on any atom is -0.491 e. The molecule has 1 N–H and O–H groups in total. The quantitative estimate of drug-likeness (QED) is 0.528. The highest BCUT2D eigenvalue weighted by Crippen LogP contribution is 2.17. The zero-order valence-electron chi connectivity index (χ0n) is 15.7. The number of ether oxygens (including phenoxy) is 2. The van der Waals surface area contributed by atoms with Gasteiger partial charge in [-0.1, -0.05) is 51.3 Å². The van der Waals surface area contributed by atoms with E-state index in [2.05, 4.69) is 13.8 Å². The summed E-state index contributed by atoms with van der Waals surface area (Å²) >= 11 is 1.38. The normalized spacial score (nSPS) is 13.3. The van der Waals surface area contributed by atoms with Gasteiger partial charge in [0, 0.05) is 5.75 Å². The number of aliphatic hydroxyl groups excluding tert-OH is 1. The summed E-state index contributed by atoms with van der Waals surface area (Å²) in [5, 5.41) is 9.97. The van der Waals surface area contributed by atoms with Crippen LogP contribution in [-0.4, -0.2) is 41.9 Å². The van der Waals surface area contributed by atoms with Crippen LogP contribution in [0.5, 0.6) is 5.75 Å². The molecule has 1 aromatic carbocycles. The van der Waals surface area contributed by atoms with E-state index in [0.29, 0.717) is 18.3 Å². The lowest BCUT2D eigenvalue weighted by atomic mass is 10.0. The molecule has 2 atom stereocenters. The van der Waals surface area contributed by atoms with Crippen molar-refractivity contribution >= 4 is 17.7 Å². The highest BCUT2D eigenvalue weighted by molar-refractivity contribution is 7.99. The number of esters is 1. The summed E-state index contributed by atoms with van der Waals surface area (Å²) in [5.74, 6) is 1.76. The molecule has 0 spiro atoms. The van der Waals surface area contributed by atoms with Crippen molar-refractivity contribution in [2.24, 2.45) is 5.92 Å². The molecular formula is C20H32O4S. The van der Waals surface area contributed by atoms with Crippen molar-refractivity contribution in [3.8, 4) is 5.75 Å². The van der Waals surface area contributed by atoms with E-state index in [0.717, 1.165) is 24.2 Å². The molecular weight excluding hydrogens is 336 g/mol. The molecule has 1 rings (SSSR count). The minimum absolute atomic E-state index is 0.202. The number of aliphatic hydroxyl groups is 1. The lowest BCUT2D eigenvalue weighted by molar-refractivity contribution is -0.141. The SMILES string of the molecule is CCCCC(CC)COC(=O)CSCC(O)COc1ccccc1C. The number of rotatable bonds is 13. The number of para-hydroxylation sites is 1. The fourth-order valence-corrected chi connectivity index (χ4v) is 3.12. The fourth-order valence-electron chi connectivity index (χ4n) is 2.38. The first-order valence-electron chi connectivity index (χ1n) is 9.16. The van der Waals surface area contributed by atoms with Gasteiger partial charge in [0.05, 0.1) is 18.5 Å². The lowest BCUT2D eigenvalue weighted by Crippen LogP contribution is -2.22. The van der Waals surface area contributed by atoms with Crippen molar-refractivity contribution in [1.82, 2.24) is 0 Å². The number of aryl methyl sites for hydroxylation is 1. The second kappa shape index (κ2) is 13.1. The first-order valence-corrected chi connectivity index (χ1v) is 10.3. The van der Waals surface area contributed by atoms with Crippen LogP contribution >= 0.6 is 11.8 Å². The second-order valence-electron chi connectivity index (χ2n) is 6.34. The molecule has 5 heteroatoms. The van der Waals surface area contributed by atoms with Gasteiger partial charge in [0.1, 0.15) is 12.4 Å². The van der Waals surface area contributed by atoms with E-state index < -0.39 is 6.10 Å². The zero-order valence-corrected chi connectivity index (χ0v) is 16.5. The summed E-state index contributed by atoms with van der Waals surface area (Å²) in [7, 11) is 0. The third-order valence-corrected chi connectivity index (χ3v) is 5.14. The first kappa shape index (κ1) is 21.8. The first-order chi connectivity index (χ1) is 12.1. The van der Waals surface area contributed by atoms with Crippen LogP contribution in [0, 0.1) is 12.8 Å². The van der Waals surface area contributed by atoms with Crippen molar-refractivity contribution in [2.75, 3.05) is 24.7 Å². The van der Waals surface area contributed by atoms with Crippen LogP contribution < -0.4 is 4.74 Å².